The van der Waals surface area contributed by atoms with Gasteiger partial charge in [0.25, 0.3) is 0 Å². The molecule has 3 rings (SSSR count). The largest absolute Gasteiger partial charge is 0.366 e. The van der Waals surface area contributed by atoms with Gasteiger partial charge >= 0.3 is 0 Å². The van der Waals surface area contributed by atoms with Gasteiger partial charge in [0.05, 0.1) is 5.75 Å². The Hall–Kier alpha value is -2.71. The molecule has 2 aromatic carbocycles. The quantitative estimate of drug-likeness (QED) is 0.735. The zero-order valence-corrected chi connectivity index (χ0v) is 18.0. The van der Waals surface area contributed by atoms with Gasteiger partial charge in [0, 0.05) is 30.3 Å². The number of hydrogen-bond acceptors (Lipinski definition) is 4. The first-order valence-corrected chi connectivity index (χ1v) is 11.5. The van der Waals surface area contributed by atoms with Crippen LogP contribution in [0.2, 0.25) is 0 Å². The minimum absolute atomic E-state index is 0.0384. The van der Waals surface area contributed by atoms with E-state index in [1.54, 1.807) is 25.1 Å². The normalized spacial score (nSPS) is 15.7. The van der Waals surface area contributed by atoms with Gasteiger partial charge in [0.2, 0.25) is 21.8 Å². The molecule has 30 heavy (non-hydrogen) atoms. The summed E-state index contributed by atoms with van der Waals surface area (Å²) in [6, 6.07) is 12.5. The molecule has 1 fully saturated rings. The average Bonchev–Trinajstić information content (AvgIpc) is 2.71. The molecule has 0 aliphatic carbocycles. The summed E-state index contributed by atoms with van der Waals surface area (Å²) in [5.41, 5.74) is 8.73. The van der Waals surface area contributed by atoms with E-state index >= 15 is 0 Å². The second-order valence-corrected chi connectivity index (χ2v) is 9.72. The smallest absolute Gasteiger partial charge is 0.249 e. The van der Waals surface area contributed by atoms with Crippen molar-refractivity contribution in [2.45, 2.75) is 32.4 Å². The molecule has 1 aliphatic heterocycles. The Balaban J connectivity index is 1.60. The van der Waals surface area contributed by atoms with Crippen molar-refractivity contribution in [3.8, 4) is 0 Å². The van der Waals surface area contributed by atoms with E-state index in [1.165, 1.54) is 4.31 Å². The first-order valence-electron chi connectivity index (χ1n) is 9.91. The molecular formula is C22H27N3O4S. The van der Waals surface area contributed by atoms with Crippen molar-refractivity contribution >= 4 is 27.5 Å². The fraction of sp³-hybridized carbons (Fsp3) is 0.364. The van der Waals surface area contributed by atoms with E-state index < -0.39 is 15.9 Å². The van der Waals surface area contributed by atoms with Gasteiger partial charge in [0.15, 0.2) is 0 Å². The fourth-order valence-electron chi connectivity index (χ4n) is 3.66. The number of aryl methyl sites for hydroxylation is 1. The highest BCUT2D eigenvalue weighted by Crippen LogP contribution is 2.25. The van der Waals surface area contributed by atoms with Gasteiger partial charge in [-0.3, -0.25) is 9.59 Å². The van der Waals surface area contributed by atoms with Crippen LogP contribution in [0.15, 0.2) is 42.5 Å². The highest BCUT2D eigenvalue weighted by atomic mass is 32.2. The maximum atomic E-state index is 12.7. The van der Waals surface area contributed by atoms with Crippen LogP contribution in [0.5, 0.6) is 0 Å². The maximum Gasteiger partial charge on any atom is 0.249 e. The van der Waals surface area contributed by atoms with Crippen LogP contribution in [0.1, 0.15) is 39.9 Å². The number of hydrogen-bond donors (Lipinski definition) is 2. The molecule has 2 amide bonds. The number of primary amides is 1. The van der Waals surface area contributed by atoms with Crippen LogP contribution in [-0.4, -0.2) is 37.6 Å². The third-order valence-corrected chi connectivity index (χ3v) is 7.39. The van der Waals surface area contributed by atoms with Gasteiger partial charge in [-0.05, 0) is 49.9 Å². The molecule has 160 valence electrons. The number of carbonyl (C=O) groups is 2. The molecule has 1 saturated heterocycles. The van der Waals surface area contributed by atoms with Crippen molar-refractivity contribution in [1.29, 1.82) is 0 Å². The Labute approximate surface area is 177 Å². The second kappa shape index (κ2) is 8.97. The van der Waals surface area contributed by atoms with Crippen molar-refractivity contribution < 1.29 is 18.0 Å². The zero-order valence-electron chi connectivity index (χ0n) is 17.2. The molecule has 0 bridgehead atoms. The molecule has 8 heteroatoms. The van der Waals surface area contributed by atoms with E-state index in [1.807, 2.05) is 31.2 Å². The Morgan fingerprint density at radius 2 is 1.70 bits per heavy atom. The Morgan fingerprint density at radius 3 is 2.30 bits per heavy atom. The lowest BCUT2D eigenvalue weighted by Gasteiger charge is -2.30. The van der Waals surface area contributed by atoms with Crippen LogP contribution >= 0.6 is 0 Å². The molecule has 2 aromatic rings. The number of sulfonamides is 1. The molecule has 0 radical (unpaired) electrons. The van der Waals surface area contributed by atoms with Gasteiger partial charge in [-0.15, -0.1) is 0 Å². The van der Waals surface area contributed by atoms with Crippen LogP contribution in [0.3, 0.4) is 0 Å². The number of carbonyl (C=O) groups excluding carboxylic acids is 2. The number of nitrogens with zero attached hydrogens (tertiary/aromatic N) is 1. The summed E-state index contributed by atoms with van der Waals surface area (Å²) in [7, 11) is -3.43. The second-order valence-electron chi connectivity index (χ2n) is 7.75. The van der Waals surface area contributed by atoms with Crippen LogP contribution < -0.4 is 11.1 Å². The Morgan fingerprint density at radius 1 is 1.07 bits per heavy atom. The number of nitrogens with one attached hydrogen (secondary N) is 1. The number of anilines is 1. The molecule has 7 nitrogen and oxygen atoms in total. The standard InChI is InChI=1S/C22H27N3O4S/c1-15-6-8-17(9-7-15)14-30(28,29)25-12-10-18(11-13-25)22(27)24-20-5-3-4-19(16(20)2)21(23)26/h3-9,18H,10-14H2,1-2H3,(H2,23,26)(H,24,27). The van der Waals surface area contributed by atoms with Crippen molar-refractivity contribution in [1.82, 2.24) is 4.31 Å². The number of piperidine rings is 1. The van der Waals surface area contributed by atoms with E-state index in [4.69, 9.17) is 5.73 Å². The summed E-state index contributed by atoms with van der Waals surface area (Å²) in [4.78, 5) is 24.2. The first-order chi connectivity index (χ1) is 14.2. The lowest BCUT2D eigenvalue weighted by Crippen LogP contribution is -2.42. The number of nitrogens with two attached hydrogens (primary N) is 1. The lowest BCUT2D eigenvalue weighted by molar-refractivity contribution is -0.120. The topological polar surface area (TPSA) is 110 Å². The molecule has 0 unspecified atom stereocenters. The minimum Gasteiger partial charge on any atom is -0.366 e. The highest BCUT2D eigenvalue weighted by Gasteiger charge is 2.31. The molecule has 0 aromatic heterocycles. The molecule has 0 atom stereocenters. The summed E-state index contributed by atoms with van der Waals surface area (Å²) >= 11 is 0. The van der Waals surface area contributed by atoms with E-state index in [9.17, 15) is 18.0 Å². The summed E-state index contributed by atoms with van der Waals surface area (Å²) < 4.78 is 26.9. The van der Waals surface area contributed by atoms with Crippen molar-refractivity contribution in [2.24, 2.45) is 11.7 Å². The molecule has 0 spiro atoms. The predicted octanol–water partition coefficient (Wildman–Crippen LogP) is 2.58. The van der Waals surface area contributed by atoms with Crippen LogP contribution in [0, 0.1) is 19.8 Å². The predicted molar refractivity (Wildman–Crippen MR) is 116 cm³/mol. The highest BCUT2D eigenvalue weighted by molar-refractivity contribution is 7.88. The van der Waals surface area contributed by atoms with Gasteiger partial charge in [0.1, 0.15) is 0 Å². The minimum atomic E-state index is -3.43. The summed E-state index contributed by atoms with van der Waals surface area (Å²) in [5, 5.41) is 2.86. The van der Waals surface area contributed by atoms with E-state index in [-0.39, 0.29) is 17.6 Å². The average molecular weight is 430 g/mol. The van der Waals surface area contributed by atoms with Crippen molar-refractivity contribution in [3.05, 3.63) is 64.7 Å². The van der Waals surface area contributed by atoms with Crippen LogP contribution in [0.4, 0.5) is 5.69 Å². The van der Waals surface area contributed by atoms with Gasteiger partial charge in [-0.1, -0.05) is 35.9 Å². The first kappa shape index (κ1) is 22.0. The van der Waals surface area contributed by atoms with E-state index in [0.29, 0.717) is 42.7 Å². The molecule has 1 heterocycles. The molecule has 1 aliphatic rings. The molecule has 0 saturated carbocycles. The number of rotatable bonds is 6. The zero-order chi connectivity index (χ0) is 21.9. The van der Waals surface area contributed by atoms with E-state index in [0.717, 1.165) is 11.1 Å². The molecule has 3 N–H and O–H groups in total. The van der Waals surface area contributed by atoms with Gasteiger partial charge in [-0.25, -0.2) is 12.7 Å². The Kier molecular flexibility index (Phi) is 6.58. The fourth-order valence-corrected chi connectivity index (χ4v) is 5.22. The Bertz CT molecular complexity index is 1040. The van der Waals surface area contributed by atoms with Gasteiger partial charge < -0.3 is 11.1 Å². The third-order valence-electron chi connectivity index (χ3n) is 5.54. The molecular weight excluding hydrogens is 402 g/mol. The van der Waals surface area contributed by atoms with Crippen molar-refractivity contribution in [3.63, 3.8) is 0 Å². The number of amides is 2. The third kappa shape index (κ3) is 5.06. The van der Waals surface area contributed by atoms with Crippen LogP contribution in [-0.2, 0) is 20.6 Å². The summed E-state index contributed by atoms with van der Waals surface area (Å²) in [6.07, 6.45) is 0.904. The van der Waals surface area contributed by atoms with Gasteiger partial charge in [-0.2, -0.15) is 0 Å². The SMILES string of the molecule is Cc1ccc(CS(=O)(=O)N2CCC(C(=O)Nc3cccc(C(N)=O)c3C)CC2)cc1. The lowest BCUT2D eigenvalue weighted by atomic mass is 9.96. The summed E-state index contributed by atoms with van der Waals surface area (Å²) in [5.74, 6) is -1.04. The monoisotopic (exact) mass is 429 g/mol. The maximum absolute atomic E-state index is 12.7. The number of benzene rings is 2. The summed E-state index contributed by atoms with van der Waals surface area (Å²) in [6.45, 7) is 4.31. The van der Waals surface area contributed by atoms with Crippen molar-refractivity contribution in [2.75, 3.05) is 18.4 Å². The van der Waals surface area contributed by atoms with Crippen LogP contribution in [0.25, 0.3) is 0 Å². The van der Waals surface area contributed by atoms with E-state index in [2.05, 4.69) is 5.32 Å².